The topological polar surface area (TPSA) is 46.5 Å². The number of amides is 1. The van der Waals surface area contributed by atoms with Crippen molar-refractivity contribution in [3.8, 4) is 0 Å². The smallest absolute Gasteiger partial charge is 0.229 e. The first-order valence-corrected chi connectivity index (χ1v) is 12.6. The lowest BCUT2D eigenvalue weighted by Crippen LogP contribution is -2.52. The minimum absolute atomic E-state index is 0. The van der Waals surface area contributed by atoms with Gasteiger partial charge in [0, 0.05) is 60.4 Å². The minimum atomic E-state index is -0.241. The third-order valence-corrected chi connectivity index (χ3v) is 6.96. The number of benzene rings is 1. The lowest BCUT2D eigenvalue weighted by molar-refractivity contribution is -0.135. The highest BCUT2D eigenvalue weighted by Crippen LogP contribution is 2.35. The number of halogens is 2. The first kappa shape index (κ1) is 27.0. The van der Waals surface area contributed by atoms with Gasteiger partial charge in [0.05, 0.1) is 6.42 Å². The zero-order valence-corrected chi connectivity index (χ0v) is 21.3. The number of carbonyl (C=O) groups is 1. The summed E-state index contributed by atoms with van der Waals surface area (Å²) in [5.74, 6) is -0.0882. The van der Waals surface area contributed by atoms with Crippen LogP contribution in [-0.2, 0) is 22.5 Å². The van der Waals surface area contributed by atoms with Crippen LogP contribution in [0.5, 0.6) is 0 Å². The van der Waals surface area contributed by atoms with E-state index >= 15 is 0 Å². The van der Waals surface area contributed by atoms with Gasteiger partial charge in [-0.3, -0.25) is 4.79 Å². The van der Waals surface area contributed by atoms with Gasteiger partial charge in [-0.05, 0) is 70.5 Å². The van der Waals surface area contributed by atoms with Crippen LogP contribution in [0.15, 0.2) is 23.1 Å². The fraction of sp³-hybridized carbons (Fsp3) is 0.625. The first-order valence-electron chi connectivity index (χ1n) is 11.3. The van der Waals surface area contributed by atoms with E-state index in [2.05, 4.69) is 28.6 Å². The van der Waals surface area contributed by atoms with E-state index in [0.717, 1.165) is 66.8 Å². The Labute approximate surface area is 201 Å². The molecule has 0 bridgehead atoms. The number of nitrogens with zero attached hydrogens (tertiary/aromatic N) is 2. The zero-order valence-electron chi connectivity index (χ0n) is 19.7. The van der Waals surface area contributed by atoms with Crippen LogP contribution in [0.1, 0.15) is 45.2 Å². The second kappa shape index (κ2) is 12.8. The largest absolute Gasteiger partial charge is 0.385 e. The van der Waals surface area contributed by atoms with Gasteiger partial charge in [-0.25, -0.2) is 4.39 Å². The molecule has 1 atom stereocenters. The number of unbranched alkanes of at least 4 members (excludes halogenated alkanes) is 1. The van der Waals surface area contributed by atoms with Crippen LogP contribution in [0.2, 0.25) is 0 Å². The fourth-order valence-electron chi connectivity index (χ4n) is 4.74. The van der Waals surface area contributed by atoms with E-state index in [-0.39, 0.29) is 36.2 Å². The van der Waals surface area contributed by atoms with Crippen LogP contribution in [0.4, 0.5) is 4.39 Å². The summed E-state index contributed by atoms with van der Waals surface area (Å²) in [5, 5.41) is 4.33. The number of nitrogens with one attached hydrogen (secondary N) is 1. The summed E-state index contributed by atoms with van der Waals surface area (Å²) >= 11 is 1.60. The van der Waals surface area contributed by atoms with E-state index < -0.39 is 0 Å². The highest BCUT2D eigenvalue weighted by atomic mass is 35.5. The van der Waals surface area contributed by atoms with Crippen molar-refractivity contribution in [1.82, 2.24) is 14.8 Å². The number of fused-ring (bicyclic) bond motifs is 1. The molecule has 0 aliphatic carbocycles. The molecule has 3 rings (SSSR count). The van der Waals surface area contributed by atoms with Crippen molar-refractivity contribution >= 4 is 41.0 Å². The monoisotopic (exact) mass is 485 g/mol. The summed E-state index contributed by atoms with van der Waals surface area (Å²) in [7, 11) is 1.71. The Morgan fingerprint density at radius 2 is 2.16 bits per heavy atom. The Hall–Kier alpha value is -1.28. The molecule has 2 aromatic rings. The molecule has 1 aromatic heterocycles. The van der Waals surface area contributed by atoms with E-state index in [1.807, 2.05) is 12.3 Å². The van der Waals surface area contributed by atoms with Gasteiger partial charge in [0.1, 0.15) is 5.82 Å². The second-order valence-corrected chi connectivity index (χ2v) is 9.38. The van der Waals surface area contributed by atoms with Gasteiger partial charge in [-0.1, -0.05) is 0 Å². The summed E-state index contributed by atoms with van der Waals surface area (Å²) in [4.78, 5) is 16.6. The molecule has 32 heavy (non-hydrogen) atoms. The number of thioether (sulfide) groups is 1. The predicted molar refractivity (Wildman–Crippen MR) is 134 cm³/mol. The van der Waals surface area contributed by atoms with Gasteiger partial charge < -0.3 is 19.5 Å². The lowest BCUT2D eigenvalue weighted by Gasteiger charge is -2.38. The highest BCUT2D eigenvalue weighted by molar-refractivity contribution is 7.98. The van der Waals surface area contributed by atoms with Crippen molar-refractivity contribution in [2.75, 3.05) is 33.1 Å². The standard InChI is InChI=1S/C24H36FN3O2S.ClH/c1-17(2)28(19-8-7-11-26-16-19)23(29)15-22-24(31-4)20-14-18(25)9-10-21(20)27(22)12-5-6-13-30-3;/h9-10,14,17,19,26H,5-8,11-13,15-16H2,1-4H3;1H/t19-;/m1./s1. The molecule has 0 unspecified atom stereocenters. The van der Waals surface area contributed by atoms with E-state index in [1.165, 1.54) is 6.07 Å². The van der Waals surface area contributed by atoms with Gasteiger partial charge in [0.15, 0.2) is 0 Å². The van der Waals surface area contributed by atoms with Crippen LogP contribution in [0.25, 0.3) is 10.9 Å². The van der Waals surface area contributed by atoms with E-state index in [4.69, 9.17) is 4.74 Å². The van der Waals surface area contributed by atoms with E-state index in [9.17, 15) is 9.18 Å². The van der Waals surface area contributed by atoms with Crippen molar-refractivity contribution in [2.24, 2.45) is 0 Å². The summed E-state index contributed by atoms with van der Waals surface area (Å²) in [6, 6.07) is 5.34. The van der Waals surface area contributed by atoms with Crippen molar-refractivity contribution in [2.45, 2.75) is 69.5 Å². The molecule has 1 aromatic carbocycles. The molecular formula is C24H37ClFN3O2S. The van der Waals surface area contributed by atoms with Crippen molar-refractivity contribution in [1.29, 1.82) is 0 Å². The van der Waals surface area contributed by atoms with E-state index in [0.29, 0.717) is 13.0 Å². The molecule has 2 heterocycles. The number of piperidine rings is 1. The number of rotatable bonds is 10. The van der Waals surface area contributed by atoms with Gasteiger partial charge in [-0.2, -0.15) is 0 Å². The van der Waals surface area contributed by atoms with Crippen molar-refractivity contribution < 1.29 is 13.9 Å². The summed E-state index contributed by atoms with van der Waals surface area (Å²) in [6.07, 6.45) is 6.38. The summed E-state index contributed by atoms with van der Waals surface area (Å²) in [5.41, 5.74) is 2.01. The third-order valence-electron chi connectivity index (χ3n) is 6.09. The van der Waals surface area contributed by atoms with Crippen molar-refractivity contribution in [3.05, 3.63) is 29.7 Å². The Balaban J connectivity index is 0.00000363. The number of aromatic nitrogens is 1. The zero-order chi connectivity index (χ0) is 22.4. The van der Waals surface area contributed by atoms with Crippen LogP contribution in [0, 0.1) is 5.82 Å². The second-order valence-electron chi connectivity index (χ2n) is 8.56. The first-order chi connectivity index (χ1) is 15.0. The van der Waals surface area contributed by atoms with Gasteiger partial charge >= 0.3 is 0 Å². The Kier molecular flexibility index (Phi) is 10.8. The van der Waals surface area contributed by atoms with Crippen LogP contribution >= 0.6 is 24.2 Å². The summed E-state index contributed by atoms with van der Waals surface area (Å²) in [6.45, 7) is 7.57. The maximum Gasteiger partial charge on any atom is 0.229 e. The molecule has 180 valence electrons. The molecule has 0 spiro atoms. The summed E-state index contributed by atoms with van der Waals surface area (Å²) < 4.78 is 21.5. The average molecular weight is 486 g/mol. The molecule has 0 saturated carbocycles. The van der Waals surface area contributed by atoms with Gasteiger partial charge in [-0.15, -0.1) is 24.2 Å². The number of methoxy groups -OCH3 is 1. The quantitative estimate of drug-likeness (QED) is 0.384. The fourth-order valence-corrected chi connectivity index (χ4v) is 5.54. The normalized spacial score (nSPS) is 16.4. The molecule has 1 aliphatic rings. The Bertz CT molecular complexity index is 884. The third kappa shape index (κ3) is 6.19. The maximum absolute atomic E-state index is 14.1. The molecule has 1 N–H and O–H groups in total. The molecule has 1 fully saturated rings. The predicted octanol–water partition coefficient (Wildman–Crippen LogP) is 4.88. The van der Waals surface area contributed by atoms with Gasteiger partial charge in [0.2, 0.25) is 5.91 Å². The average Bonchev–Trinajstić information content (AvgIpc) is 3.03. The Morgan fingerprint density at radius 3 is 2.78 bits per heavy atom. The number of carbonyl (C=O) groups excluding carboxylic acids is 1. The van der Waals surface area contributed by atoms with Crippen LogP contribution in [0.3, 0.4) is 0 Å². The minimum Gasteiger partial charge on any atom is -0.385 e. The number of hydrogen-bond donors (Lipinski definition) is 1. The number of ether oxygens (including phenoxy) is 1. The molecular weight excluding hydrogens is 449 g/mol. The van der Waals surface area contributed by atoms with Gasteiger partial charge in [0.25, 0.3) is 0 Å². The molecule has 0 radical (unpaired) electrons. The molecule has 1 amide bonds. The Morgan fingerprint density at radius 1 is 1.38 bits per heavy atom. The van der Waals surface area contributed by atoms with Crippen LogP contribution < -0.4 is 5.32 Å². The molecule has 1 aliphatic heterocycles. The molecule has 1 saturated heterocycles. The molecule has 5 nitrogen and oxygen atoms in total. The lowest BCUT2D eigenvalue weighted by atomic mass is 10.0. The van der Waals surface area contributed by atoms with Crippen LogP contribution in [-0.4, -0.2) is 60.5 Å². The van der Waals surface area contributed by atoms with E-state index in [1.54, 1.807) is 24.9 Å². The molecule has 8 heteroatoms. The number of hydrogen-bond acceptors (Lipinski definition) is 4. The highest BCUT2D eigenvalue weighted by Gasteiger charge is 2.29. The van der Waals surface area contributed by atoms with Crippen molar-refractivity contribution in [3.63, 3.8) is 0 Å². The number of aryl methyl sites for hydroxylation is 1. The SMILES string of the molecule is COCCCCn1c(CC(=O)N(C(C)C)[C@@H]2CCCNC2)c(SC)c2cc(F)ccc21.Cl. The maximum atomic E-state index is 14.1.